The lowest BCUT2D eigenvalue weighted by molar-refractivity contribution is -0.143. The van der Waals surface area contributed by atoms with Crippen LogP contribution in [-0.2, 0) is 22.7 Å². The van der Waals surface area contributed by atoms with Gasteiger partial charge in [0.25, 0.3) is 0 Å². The zero-order valence-corrected chi connectivity index (χ0v) is 19.8. The lowest BCUT2D eigenvalue weighted by atomic mass is 9.94. The van der Waals surface area contributed by atoms with E-state index in [-0.39, 0.29) is 30.3 Å². The largest absolute Gasteiger partial charge is 0.345 e. The average molecular weight is 456 g/mol. The van der Waals surface area contributed by atoms with Gasteiger partial charge in [-0.3, -0.25) is 9.59 Å². The van der Waals surface area contributed by atoms with Gasteiger partial charge in [-0.2, -0.15) is 0 Å². The fraction of sp³-hybridized carbons (Fsp3) is 0.538. The molecule has 32 heavy (non-hydrogen) atoms. The normalized spacial score (nSPS) is 16.7. The summed E-state index contributed by atoms with van der Waals surface area (Å²) in [5.74, 6) is 0.350. The SMILES string of the molecule is CCN(CC(=O)N(Cc1cccn1Cc1ccccc1Cl)C1CCCCC1)C(=O)C1CC1. The van der Waals surface area contributed by atoms with Gasteiger partial charge in [-0.1, -0.05) is 49.1 Å². The molecule has 0 spiro atoms. The van der Waals surface area contributed by atoms with E-state index in [0.29, 0.717) is 19.6 Å². The molecule has 0 radical (unpaired) electrons. The van der Waals surface area contributed by atoms with Gasteiger partial charge in [0.05, 0.1) is 13.1 Å². The third-order valence-electron chi connectivity index (χ3n) is 6.84. The lowest BCUT2D eigenvalue weighted by Crippen LogP contribution is -2.47. The third-order valence-corrected chi connectivity index (χ3v) is 7.21. The Hall–Kier alpha value is -2.27. The van der Waals surface area contributed by atoms with Gasteiger partial charge in [-0.05, 0) is 56.4 Å². The third kappa shape index (κ3) is 5.55. The molecule has 5 nitrogen and oxygen atoms in total. The second-order valence-corrected chi connectivity index (χ2v) is 9.57. The van der Waals surface area contributed by atoms with Crippen molar-refractivity contribution in [1.82, 2.24) is 14.4 Å². The van der Waals surface area contributed by atoms with Gasteiger partial charge in [-0.15, -0.1) is 0 Å². The molecule has 0 bridgehead atoms. The van der Waals surface area contributed by atoms with Crippen LogP contribution >= 0.6 is 11.6 Å². The lowest BCUT2D eigenvalue weighted by Gasteiger charge is -2.36. The highest BCUT2D eigenvalue weighted by Gasteiger charge is 2.35. The van der Waals surface area contributed by atoms with E-state index >= 15 is 0 Å². The summed E-state index contributed by atoms with van der Waals surface area (Å²) < 4.78 is 2.18. The Balaban J connectivity index is 1.51. The Bertz CT molecular complexity index is 931. The molecule has 4 rings (SSSR count). The smallest absolute Gasteiger partial charge is 0.242 e. The number of halogens is 1. The number of hydrogen-bond acceptors (Lipinski definition) is 2. The van der Waals surface area contributed by atoms with Crippen LogP contribution in [0.1, 0.15) is 63.1 Å². The standard InChI is InChI=1S/C26H34ClN3O2/c1-2-28(26(32)20-14-15-20)19-25(31)30(22-10-4-3-5-11-22)18-23-12-8-16-29(23)17-21-9-6-7-13-24(21)27/h6-9,12-13,16,20,22H,2-5,10-11,14-15,17-19H2,1H3. The predicted molar refractivity (Wildman–Crippen MR) is 127 cm³/mol. The molecule has 172 valence electrons. The van der Waals surface area contributed by atoms with Crippen LogP contribution in [0.2, 0.25) is 5.02 Å². The zero-order chi connectivity index (χ0) is 22.5. The minimum Gasteiger partial charge on any atom is -0.345 e. The number of carbonyl (C=O) groups is 2. The molecule has 0 unspecified atom stereocenters. The number of likely N-dealkylation sites (N-methyl/N-ethyl adjacent to an activating group) is 1. The van der Waals surface area contributed by atoms with Gasteiger partial charge in [0, 0.05) is 42.0 Å². The number of carbonyl (C=O) groups excluding carboxylic acids is 2. The summed E-state index contributed by atoms with van der Waals surface area (Å²) in [5.41, 5.74) is 2.16. The molecule has 2 fully saturated rings. The molecule has 6 heteroatoms. The molecule has 2 amide bonds. The van der Waals surface area contributed by atoms with Crippen molar-refractivity contribution in [2.24, 2.45) is 5.92 Å². The first-order chi connectivity index (χ1) is 15.6. The molecular formula is C26H34ClN3O2. The van der Waals surface area contributed by atoms with Crippen LogP contribution in [0.15, 0.2) is 42.6 Å². The molecule has 2 aromatic rings. The fourth-order valence-electron chi connectivity index (χ4n) is 4.73. The Labute approximate surface area is 196 Å². The van der Waals surface area contributed by atoms with Gasteiger partial charge in [-0.25, -0.2) is 0 Å². The van der Waals surface area contributed by atoms with Crippen LogP contribution in [-0.4, -0.2) is 45.3 Å². The molecule has 0 atom stereocenters. The first-order valence-electron chi connectivity index (χ1n) is 12.0. The summed E-state index contributed by atoms with van der Waals surface area (Å²) in [6.07, 6.45) is 9.62. The number of amides is 2. The minimum absolute atomic E-state index is 0.0678. The number of nitrogens with zero attached hydrogens (tertiary/aromatic N) is 3. The summed E-state index contributed by atoms with van der Waals surface area (Å²) in [5, 5.41) is 0.754. The molecule has 2 aliphatic carbocycles. The van der Waals surface area contributed by atoms with Crippen molar-refractivity contribution in [2.45, 2.75) is 71.0 Å². The Morgan fingerprint density at radius 3 is 2.47 bits per heavy atom. The number of aromatic nitrogens is 1. The second kappa shape index (κ2) is 10.6. The van der Waals surface area contributed by atoms with E-state index in [2.05, 4.69) is 16.8 Å². The molecule has 2 saturated carbocycles. The van der Waals surface area contributed by atoms with Crippen LogP contribution in [0.5, 0.6) is 0 Å². The van der Waals surface area contributed by atoms with E-state index in [1.807, 2.05) is 42.2 Å². The van der Waals surface area contributed by atoms with Crippen molar-refractivity contribution >= 4 is 23.4 Å². The van der Waals surface area contributed by atoms with Crippen molar-refractivity contribution in [1.29, 1.82) is 0 Å². The summed E-state index contributed by atoms with van der Waals surface area (Å²) in [6, 6.07) is 12.3. The Kier molecular flexibility index (Phi) is 7.56. The first-order valence-corrected chi connectivity index (χ1v) is 12.4. The summed E-state index contributed by atoms with van der Waals surface area (Å²) >= 11 is 6.39. The first kappa shape index (κ1) is 22.9. The molecule has 0 saturated heterocycles. The number of hydrogen-bond donors (Lipinski definition) is 0. The van der Waals surface area contributed by atoms with Crippen molar-refractivity contribution in [3.63, 3.8) is 0 Å². The van der Waals surface area contributed by atoms with Crippen molar-refractivity contribution in [3.05, 3.63) is 58.9 Å². The molecular weight excluding hydrogens is 422 g/mol. The maximum Gasteiger partial charge on any atom is 0.242 e. The van der Waals surface area contributed by atoms with Gasteiger partial charge in [0.1, 0.15) is 0 Å². The maximum absolute atomic E-state index is 13.5. The maximum atomic E-state index is 13.5. The van der Waals surface area contributed by atoms with E-state index < -0.39 is 0 Å². The van der Waals surface area contributed by atoms with Crippen LogP contribution < -0.4 is 0 Å². The highest BCUT2D eigenvalue weighted by atomic mass is 35.5. The molecule has 1 heterocycles. The Morgan fingerprint density at radius 1 is 1.03 bits per heavy atom. The van der Waals surface area contributed by atoms with Gasteiger partial charge >= 0.3 is 0 Å². The summed E-state index contributed by atoms with van der Waals surface area (Å²) in [7, 11) is 0. The topological polar surface area (TPSA) is 45.6 Å². The zero-order valence-electron chi connectivity index (χ0n) is 19.0. The summed E-state index contributed by atoms with van der Waals surface area (Å²) in [4.78, 5) is 29.9. The minimum atomic E-state index is 0.0678. The molecule has 0 aliphatic heterocycles. The van der Waals surface area contributed by atoms with Gasteiger partial charge in [0.2, 0.25) is 11.8 Å². The molecule has 1 aromatic carbocycles. The van der Waals surface area contributed by atoms with E-state index in [9.17, 15) is 9.59 Å². The van der Waals surface area contributed by atoms with E-state index in [1.165, 1.54) is 6.42 Å². The second-order valence-electron chi connectivity index (χ2n) is 9.16. The van der Waals surface area contributed by atoms with Gasteiger partial charge < -0.3 is 14.4 Å². The highest BCUT2D eigenvalue weighted by Crippen LogP contribution is 2.31. The molecule has 0 N–H and O–H groups in total. The summed E-state index contributed by atoms with van der Waals surface area (Å²) in [6.45, 7) is 3.98. The fourth-order valence-corrected chi connectivity index (χ4v) is 4.93. The van der Waals surface area contributed by atoms with Gasteiger partial charge in [0.15, 0.2) is 0 Å². The van der Waals surface area contributed by atoms with Crippen molar-refractivity contribution in [2.75, 3.05) is 13.1 Å². The van der Waals surface area contributed by atoms with E-state index in [1.54, 1.807) is 4.90 Å². The molecule has 2 aliphatic rings. The average Bonchev–Trinajstić information content (AvgIpc) is 3.58. The van der Waals surface area contributed by atoms with Crippen LogP contribution in [0.4, 0.5) is 0 Å². The van der Waals surface area contributed by atoms with E-state index in [4.69, 9.17) is 11.6 Å². The monoisotopic (exact) mass is 455 g/mol. The van der Waals surface area contributed by atoms with Crippen LogP contribution in [0.25, 0.3) is 0 Å². The predicted octanol–water partition coefficient (Wildman–Crippen LogP) is 5.11. The Morgan fingerprint density at radius 2 is 1.78 bits per heavy atom. The van der Waals surface area contributed by atoms with Crippen molar-refractivity contribution in [3.8, 4) is 0 Å². The number of rotatable bonds is 9. The molecule has 1 aromatic heterocycles. The number of benzene rings is 1. The van der Waals surface area contributed by atoms with E-state index in [0.717, 1.165) is 54.8 Å². The van der Waals surface area contributed by atoms with Crippen LogP contribution in [0, 0.1) is 5.92 Å². The van der Waals surface area contributed by atoms with Crippen molar-refractivity contribution < 1.29 is 9.59 Å². The quantitative estimate of drug-likeness (QED) is 0.527. The highest BCUT2D eigenvalue weighted by molar-refractivity contribution is 6.31. The van der Waals surface area contributed by atoms with Crippen LogP contribution in [0.3, 0.4) is 0 Å².